The Morgan fingerprint density at radius 1 is 1.33 bits per heavy atom. The van der Waals surface area contributed by atoms with Gasteiger partial charge in [0, 0.05) is 6.54 Å². The lowest BCUT2D eigenvalue weighted by Gasteiger charge is -2.13. The van der Waals surface area contributed by atoms with Gasteiger partial charge in [0.05, 0.1) is 18.7 Å². The molecule has 0 heterocycles. The maximum Gasteiger partial charge on any atom is 0.310 e. The summed E-state index contributed by atoms with van der Waals surface area (Å²) in [7, 11) is 0. The Hall–Kier alpha value is -2.24. The number of hydrogen-bond acceptors (Lipinski definition) is 5. The van der Waals surface area contributed by atoms with Crippen LogP contribution in [-0.2, 0) is 14.3 Å². The Bertz CT molecular complexity index is 476. The number of ether oxygens (including phenoxy) is 2. The fraction of sp³-hybridized carbons (Fsp3) is 0.467. The van der Waals surface area contributed by atoms with E-state index in [4.69, 9.17) is 15.2 Å². The first-order valence-electron chi connectivity index (χ1n) is 6.99. The summed E-state index contributed by atoms with van der Waals surface area (Å²) in [6.45, 7) is 4.20. The van der Waals surface area contributed by atoms with E-state index in [2.05, 4.69) is 5.32 Å². The van der Waals surface area contributed by atoms with E-state index in [0.717, 1.165) is 6.42 Å². The Morgan fingerprint density at radius 3 is 2.71 bits per heavy atom. The maximum absolute atomic E-state index is 11.6. The molecule has 0 saturated heterocycles. The molecule has 0 spiro atoms. The molecule has 1 aromatic carbocycles. The van der Waals surface area contributed by atoms with Crippen molar-refractivity contribution >= 4 is 17.6 Å². The Kier molecular flexibility index (Phi) is 7.08. The molecule has 0 bridgehead atoms. The molecule has 0 radical (unpaired) electrons. The third kappa shape index (κ3) is 6.16. The number of nitrogen functional groups attached to an aromatic ring is 1. The van der Waals surface area contributed by atoms with Gasteiger partial charge in [-0.1, -0.05) is 19.1 Å². The molecule has 0 aromatic heterocycles. The summed E-state index contributed by atoms with van der Waals surface area (Å²) in [4.78, 5) is 23.1. The first-order valence-corrected chi connectivity index (χ1v) is 6.99. The largest absolute Gasteiger partial charge is 0.491 e. The number of para-hydroxylation sites is 2. The summed E-state index contributed by atoms with van der Waals surface area (Å²) in [6.07, 6.45) is 0.0872. The van der Waals surface area contributed by atoms with Crippen LogP contribution in [-0.4, -0.2) is 31.1 Å². The number of anilines is 1. The molecule has 1 atom stereocenters. The molecule has 6 nitrogen and oxygen atoms in total. The van der Waals surface area contributed by atoms with Crippen molar-refractivity contribution in [1.82, 2.24) is 5.32 Å². The molecule has 21 heavy (non-hydrogen) atoms. The Morgan fingerprint density at radius 2 is 2.05 bits per heavy atom. The van der Waals surface area contributed by atoms with Crippen LogP contribution >= 0.6 is 0 Å². The van der Waals surface area contributed by atoms with Crippen molar-refractivity contribution < 1.29 is 19.1 Å². The van der Waals surface area contributed by atoms with E-state index in [1.165, 1.54) is 0 Å². The van der Waals surface area contributed by atoms with E-state index in [1.807, 2.05) is 6.92 Å². The maximum atomic E-state index is 11.6. The molecule has 3 N–H and O–H groups in total. The number of amides is 1. The minimum absolute atomic E-state index is 0.0553. The van der Waals surface area contributed by atoms with Crippen molar-refractivity contribution in [2.45, 2.75) is 32.8 Å². The van der Waals surface area contributed by atoms with Crippen LogP contribution in [0.3, 0.4) is 0 Å². The average molecular weight is 294 g/mol. The molecular formula is C15H22N2O4. The van der Waals surface area contributed by atoms with Crippen LogP contribution in [0.5, 0.6) is 5.75 Å². The van der Waals surface area contributed by atoms with Crippen LogP contribution in [0.15, 0.2) is 24.3 Å². The molecule has 1 rings (SSSR count). The molecule has 0 aliphatic carbocycles. The van der Waals surface area contributed by atoms with Gasteiger partial charge in [-0.15, -0.1) is 0 Å². The zero-order chi connectivity index (χ0) is 15.7. The Balaban J connectivity index is 2.28. The average Bonchev–Trinajstić information content (AvgIpc) is 2.46. The van der Waals surface area contributed by atoms with Gasteiger partial charge in [-0.3, -0.25) is 9.59 Å². The zero-order valence-electron chi connectivity index (χ0n) is 12.4. The summed E-state index contributed by atoms with van der Waals surface area (Å²) in [6, 6.07) is 7.03. The van der Waals surface area contributed by atoms with Gasteiger partial charge >= 0.3 is 5.97 Å². The molecule has 116 valence electrons. The van der Waals surface area contributed by atoms with Crippen molar-refractivity contribution in [3.63, 3.8) is 0 Å². The predicted octanol–water partition coefficient (Wildman–Crippen LogP) is 1.50. The van der Waals surface area contributed by atoms with Crippen LogP contribution < -0.4 is 15.8 Å². The van der Waals surface area contributed by atoms with Crippen LogP contribution in [0, 0.1) is 0 Å². The SMILES string of the molecule is CCCNC(=O)C(C)OC(=O)CCOc1ccccc1N. The predicted molar refractivity (Wildman–Crippen MR) is 79.8 cm³/mol. The first kappa shape index (κ1) is 16.8. The van der Waals surface area contributed by atoms with Gasteiger partial charge in [-0.25, -0.2) is 0 Å². The van der Waals surface area contributed by atoms with Crippen molar-refractivity contribution in [2.24, 2.45) is 0 Å². The molecule has 6 heteroatoms. The van der Waals surface area contributed by atoms with Gasteiger partial charge in [0.25, 0.3) is 5.91 Å². The summed E-state index contributed by atoms with van der Waals surface area (Å²) in [5.74, 6) is -0.249. The lowest BCUT2D eigenvalue weighted by atomic mass is 10.3. The van der Waals surface area contributed by atoms with E-state index < -0.39 is 12.1 Å². The second-order valence-corrected chi connectivity index (χ2v) is 4.56. The molecule has 0 fully saturated rings. The monoisotopic (exact) mass is 294 g/mol. The third-order valence-electron chi connectivity index (χ3n) is 2.71. The van der Waals surface area contributed by atoms with Crippen molar-refractivity contribution in [1.29, 1.82) is 0 Å². The van der Waals surface area contributed by atoms with Gasteiger partial charge < -0.3 is 20.5 Å². The number of nitrogens with one attached hydrogen (secondary N) is 1. The van der Waals surface area contributed by atoms with E-state index in [1.54, 1.807) is 31.2 Å². The number of rotatable bonds is 8. The fourth-order valence-corrected chi connectivity index (χ4v) is 1.56. The fourth-order valence-electron chi connectivity index (χ4n) is 1.56. The number of esters is 1. The zero-order valence-corrected chi connectivity index (χ0v) is 12.4. The standard InChI is InChI=1S/C15H22N2O4/c1-3-9-17-15(19)11(2)21-14(18)8-10-20-13-7-5-4-6-12(13)16/h4-7,11H,3,8-10,16H2,1-2H3,(H,17,19). The first-order chi connectivity index (χ1) is 10.0. The lowest BCUT2D eigenvalue weighted by Crippen LogP contribution is -2.36. The van der Waals surface area contributed by atoms with Crippen molar-refractivity contribution in [3.05, 3.63) is 24.3 Å². The highest BCUT2D eigenvalue weighted by Gasteiger charge is 2.17. The second-order valence-electron chi connectivity index (χ2n) is 4.56. The summed E-state index contributed by atoms with van der Waals surface area (Å²) in [5, 5.41) is 2.66. The number of carbonyl (C=O) groups is 2. The molecule has 1 aromatic rings. The van der Waals surface area contributed by atoms with E-state index >= 15 is 0 Å². The summed E-state index contributed by atoms with van der Waals surface area (Å²) >= 11 is 0. The van der Waals surface area contributed by atoms with E-state index in [-0.39, 0.29) is 18.9 Å². The Labute approximate surface area is 124 Å². The minimum Gasteiger partial charge on any atom is -0.491 e. The van der Waals surface area contributed by atoms with Crippen LogP contribution in [0.25, 0.3) is 0 Å². The minimum atomic E-state index is -0.800. The van der Waals surface area contributed by atoms with Gasteiger partial charge in [-0.2, -0.15) is 0 Å². The van der Waals surface area contributed by atoms with E-state index in [0.29, 0.717) is 18.0 Å². The molecule has 1 amide bonds. The molecule has 1 unspecified atom stereocenters. The smallest absolute Gasteiger partial charge is 0.310 e. The molecule has 0 saturated carbocycles. The van der Waals surface area contributed by atoms with Crippen molar-refractivity contribution in [2.75, 3.05) is 18.9 Å². The van der Waals surface area contributed by atoms with Crippen molar-refractivity contribution in [3.8, 4) is 5.75 Å². The van der Waals surface area contributed by atoms with E-state index in [9.17, 15) is 9.59 Å². The van der Waals surface area contributed by atoms with Crippen LogP contribution in [0.4, 0.5) is 5.69 Å². The van der Waals surface area contributed by atoms with Crippen LogP contribution in [0.1, 0.15) is 26.7 Å². The number of nitrogens with two attached hydrogens (primary N) is 1. The molecule has 0 aliphatic heterocycles. The highest BCUT2D eigenvalue weighted by Crippen LogP contribution is 2.19. The highest BCUT2D eigenvalue weighted by molar-refractivity contribution is 5.83. The van der Waals surface area contributed by atoms with Gasteiger partial charge in [0.2, 0.25) is 0 Å². The highest BCUT2D eigenvalue weighted by atomic mass is 16.5. The molecule has 0 aliphatic rings. The van der Waals surface area contributed by atoms with Gasteiger partial charge in [-0.05, 0) is 25.5 Å². The second kappa shape index (κ2) is 8.84. The molecular weight excluding hydrogens is 272 g/mol. The topological polar surface area (TPSA) is 90.6 Å². The third-order valence-corrected chi connectivity index (χ3v) is 2.71. The quantitative estimate of drug-likeness (QED) is 0.560. The van der Waals surface area contributed by atoms with Crippen LogP contribution in [0.2, 0.25) is 0 Å². The normalized spacial score (nSPS) is 11.5. The number of carbonyl (C=O) groups excluding carboxylic acids is 2. The lowest BCUT2D eigenvalue weighted by molar-refractivity contribution is -0.155. The number of hydrogen-bond donors (Lipinski definition) is 2. The van der Waals surface area contributed by atoms with Gasteiger partial charge in [0.15, 0.2) is 6.10 Å². The summed E-state index contributed by atoms with van der Waals surface area (Å²) in [5.41, 5.74) is 6.22. The summed E-state index contributed by atoms with van der Waals surface area (Å²) < 4.78 is 10.4. The van der Waals surface area contributed by atoms with Gasteiger partial charge in [0.1, 0.15) is 5.75 Å². The number of benzene rings is 1.